The summed E-state index contributed by atoms with van der Waals surface area (Å²) in [5.41, 5.74) is 6.83. The number of aromatic nitrogens is 1. The molecule has 0 bridgehead atoms. The average molecular weight is 243 g/mol. The molecule has 0 saturated heterocycles. The number of rotatable bonds is 2. The second kappa shape index (κ2) is 4.26. The van der Waals surface area contributed by atoms with E-state index in [2.05, 4.69) is 4.98 Å². The second-order valence-corrected chi connectivity index (χ2v) is 4.56. The van der Waals surface area contributed by atoms with Crippen LogP contribution < -0.4 is 5.73 Å². The van der Waals surface area contributed by atoms with Crippen LogP contribution in [0.4, 0.5) is 4.39 Å². The Balaban J connectivity index is 2.45. The molecule has 2 N–H and O–H groups in total. The summed E-state index contributed by atoms with van der Waals surface area (Å²) in [6.07, 6.45) is 0. The molecule has 0 fully saturated rings. The molecule has 0 aliphatic carbocycles. The van der Waals surface area contributed by atoms with Crippen molar-refractivity contribution in [3.63, 3.8) is 0 Å². The van der Waals surface area contributed by atoms with Crippen LogP contribution in [-0.4, -0.2) is 4.98 Å². The monoisotopic (exact) mass is 242 g/mol. The molecule has 0 unspecified atom stereocenters. The number of hydrogen-bond donors (Lipinski definition) is 1. The lowest BCUT2D eigenvalue weighted by Crippen LogP contribution is -1.96. The van der Waals surface area contributed by atoms with E-state index in [0.29, 0.717) is 21.6 Å². The second-order valence-electron chi connectivity index (χ2n) is 2.95. The van der Waals surface area contributed by atoms with Crippen molar-refractivity contribution in [1.82, 2.24) is 4.98 Å². The van der Waals surface area contributed by atoms with Gasteiger partial charge in [-0.25, -0.2) is 9.37 Å². The van der Waals surface area contributed by atoms with Crippen LogP contribution in [0, 0.1) is 5.82 Å². The average Bonchev–Trinajstić information content (AvgIpc) is 2.60. The van der Waals surface area contributed by atoms with E-state index in [1.54, 1.807) is 12.1 Å². The number of thiazole rings is 1. The highest BCUT2D eigenvalue weighted by atomic mass is 35.5. The Morgan fingerprint density at radius 3 is 2.87 bits per heavy atom. The largest absolute Gasteiger partial charge is 0.325 e. The van der Waals surface area contributed by atoms with Gasteiger partial charge in [0.25, 0.3) is 0 Å². The van der Waals surface area contributed by atoms with Gasteiger partial charge in [0.1, 0.15) is 15.2 Å². The maximum absolute atomic E-state index is 13.0. The molecule has 0 saturated carbocycles. The van der Waals surface area contributed by atoms with Crippen molar-refractivity contribution in [2.24, 2.45) is 5.73 Å². The lowest BCUT2D eigenvalue weighted by molar-refractivity contribution is 0.628. The summed E-state index contributed by atoms with van der Waals surface area (Å²) in [4.78, 5) is 4.23. The number of benzene rings is 1. The summed E-state index contributed by atoms with van der Waals surface area (Å²) < 4.78 is 13.5. The smallest absolute Gasteiger partial charge is 0.125 e. The van der Waals surface area contributed by atoms with Gasteiger partial charge >= 0.3 is 0 Å². The Morgan fingerprint density at radius 1 is 1.47 bits per heavy atom. The van der Waals surface area contributed by atoms with Gasteiger partial charge in [0.15, 0.2) is 0 Å². The molecule has 0 aliphatic rings. The van der Waals surface area contributed by atoms with Crippen molar-refractivity contribution < 1.29 is 4.39 Å². The molecule has 1 heterocycles. The number of nitrogens with two attached hydrogens (primary N) is 1. The van der Waals surface area contributed by atoms with E-state index in [-0.39, 0.29) is 5.82 Å². The maximum Gasteiger partial charge on any atom is 0.125 e. The zero-order valence-electron chi connectivity index (χ0n) is 7.71. The molecule has 0 aliphatic heterocycles. The lowest BCUT2D eigenvalue weighted by Gasteiger charge is -1.94. The van der Waals surface area contributed by atoms with Gasteiger partial charge in [0.05, 0.1) is 5.69 Å². The van der Waals surface area contributed by atoms with Crippen molar-refractivity contribution in [2.45, 2.75) is 6.54 Å². The molecule has 5 heteroatoms. The first kappa shape index (κ1) is 10.5. The van der Waals surface area contributed by atoms with Gasteiger partial charge in [-0.1, -0.05) is 23.7 Å². The van der Waals surface area contributed by atoms with Gasteiger partial charge in [-0.15, -0.1) is 11.3 Å². The molecule has 0 spiro atoms. The van der Waals surface area contributed by atoms with Crippen LogP contribution in [0.15, 0.2) is 24.3 Å². The molecule has 78 valence electrons. The minimum atomic E-state index is -0.284. The Hall–Kier alpha value is -0.970. The zero-order valence-corrected chi connectivity index (χ0v) is 9.28. The predicted octanol–water partition coefficient (Wildman–Crippen LogP) is 3.06. The van der Waals surface area contributed by atoms with Crippen LogP contribution in [-0.2, 0) is 6.54 Å². The third-order valence-corrected chi connectivity index (χ3v) is 3.30. The molecule has 2 rings (SSSR count). The highest BCUT2D eigenvalue weighted by Gasteiger charge is 2.09. The third kappa shape index (κ3) is 2.17. The standard InChI is InChI=1S/C10H8ClFN2S/c11-9-8(5-13)14-10(15-9)6-2-1-3-7(12)4-6/h1-4H,5,13H2. The summed E-state index contributed by atoms with van der Waals surface area (Å²) in [6.45, 7) is 0.296. The third-order valence-electron chi connectivity index (χ3n) is 1.91. The summed E-state index contributed by atoms with van der Waals surface area (Å²) in [5, 5.41) is 0.694. The van der Waals surface area contributed by atoms with Crippen LogP contribution in [0.25, 0.3) is 10.6 Å². The van der Waals surface area contributed by atoms with E-state index in [1.807, 2.05) is 0 Å². The van der Waals surface area contributed by atoms with Crippen LogP contribution in [0.1, 0.15) is 5.69 Å². The van der Waals surface area contributed by atoms with E-state index in [4.69, 9.17) is 17.3 Å². The fourth-order valence-electron chi connectivity index (χ4n) is 1.20. The van der Waals surface area contributed by atoms with Crippen LogP contribution in [0.2, 0.25) is 4.34 Å². The van der Waals surface area contributed by atoms with Gasteiger partial charge in [0, 0.05) is 12.1 Å². The van der Waals surface area contributed by atoms with E-state index in [9.17, 15) is 4.39 Å². The molecule has 2 aromatic rings. The normalized spacial score (nSPS) is 10.6. The predicted molar refractivity (Wildman–Crippen MR) is 60.4 cm³/mol. The molecule has 0 radical (unpaired) electrons. The summed E-state index contributed by atoms with van der Waals surface area (Å²) in [7, 11) is 0. The van der Waals surface area contributed by atoms with Crippen LogP contribution in [0.5, 0.6) is 0 Å². The summed E-state index contributed by atoms with van der Waals surface area (Å²) >= 11 is 7.23. The van der Waals surface area contributed by atoms with E-state index in [0.717, 1.165) is 5.56 Å². The van der Waals surface area contributed by atoms with Crippen molar-refractivity contribution in [3.05, 3.63) is 40.1 Å². The van der Waals surface area contributed by atoms with Gasteiger partial charge in [-0.2, -0.15) is 0 Å². The Morgan fingerprint density at radius 2 is 2.27 bits per heavy atom. The molecule has 1 aromatic carbocycles. The van der Waals surface area contributed by atoms with Crippen LogP contribution >= 0.6 is 22.9 Å². The van der Waals surface area contributed by atoms with E-state index < -0.39 is 0 Å². The van der Waals surface area contributed by atoms with Gasteiger partial charge in [0.2, 0.25) is 0 Å². The summed E-state index contributed by atoms with van der Waals surface area (Å²) in [5.74, 6) is -0.284. The SMILES string of the molecule is NCc1nc(-c2cccc(F)c2)sc1Cl. The number of hydrogen-bond acceptors (Lipinski definition) is 3. The first-order chi connectivity index (χ1) is 7.20. The van der Waals surface area contributed by atoms with E-state index in [1.165, 1.54) is 23.5 Å². The molecule has 0 atom stereocenters. The van der Waals surface area contributed by atoms with Crippen molar-refractivity contribution >= 4 is 22.9 Å². The number of nitrogens with zero attached hydrogens (tertiary/aromatic N) is 1. The minimum Gasteiger partial charge on any atom is -0.325 e. The number of halogens is 2. The van der Waals surface area contributed by atoms with Gasteiger partial charge in [-0.05, 0) is 12.1 Å². The molecule has 2 nitrogen and oxygen atoms in total. The molecular formula is C10H8ClFN2S. The molecular weight excluding hydrogens is 235 g/mol. The van der Waals surface area contributed by atoms with Gasteiger partial charge in [-0.3, -0.25) is 0 Å². The quantitative estimate of drug-likeness (QED) is 0.879. The van der Waals surface area contributed by atoms with Crippen molar-refractivity contribution in [2.75, 3.05) is 0 Å². The highest BCUT2D eigenvalue weighted by Crippen LogP contribution is 2.31. The molecule has 0 amide bonds. The minimum absolute atomic E-state index is 0.284. The van der Waals surface area contributed by atoms with Crippen LogP contribution in [0.3, 0.4) is 0 Å². The van der Waals surface area contributed by atoms with Crippen molar-refractivity contribution in [3.8, 4) is 10.6 Å². The lowest BCUT2D eigenvalue weighted by atomic mass is 10.2. The first-order valence-electron chi connectivity index (χ1n) is 4.32. The van der Waals surface area contributed by atoms with Gasteiger partial charge < -0.3 is 5.73 Å². The highest BCUT2D eigenvalue weighted by molar-refractivity contribution is 7.19. The molecule has 15 heavy (non-hydrogen) atoms. The molecule has 1 aromatic heterocycles. The summed E-state index contributed by atoms with van der Waals surface area (Å²) in [6, 6.07) is 6.25. The fraction of sp³-hybridized carbons (Fsp3) is 0.100. The topological polar surface area (TPSA) is 38.9 Å². The Kier molecular flexibility index (Phi) is 3.00. The fourth-order valence-corrected chi connectivity index (χ4v) is 2.36. The Labute approximate surface area is 95.5 Å². The maximum atomic E-state index is 13.0. The van der Waals surface area contributed by atoms with E-state index >= 15 is 0 Å². The van der Waals surface area contributed by atoms with Crippen molar-refractivity contribution in [1.29, 1.82) is 0 Å². The first-order valence-corrected chi connectivity index (χ1v) is 5.51. The Bertz CT molecular complexity index is 484. The zero-order chi connectivity index (χ0) is 10.8.